The van der Waals surface area contributed by atoms with Gasteiger partial charge in [-0.25, -0.2) is 9.97 Å². The van der Waals surface area contributed by atoms with Gasteiger partial charge in [0.1, 0.15) is 12.0 Å². The molecular weight excluding hydrogens is 322 g/mol. The molecule has 3 N–H and O–H groups in total. The smallest absolute Gasteiger partial charge is 0.161 e. The maximum absolute atomic E-state index is 6.49. The largest absolute Gasteiger partial charge is 0.393 e. The third-order valence-electron chi connectivity index (χ3n) is 5.19. The van der Waals surface area contributed by atoms with Crippen molar-refractivity contribution in [1.82, 2.24) is 9.97 Å². The standard InChI is InChI=1S/C21H25N5/c1-2-26(18-13-7-9-15-8-3-6-12-17(15)18)21-19(22)20(23-14-24-21)25-16-10-4-5-11-16/h3,6-9,12-14,16H,2,4-5,10-11,22H2,1H3,(H,23,24,25). The number of hydrogen-bond donors (Lipinski definition) is 2. The lowest BCUT2D eigenvalue weighted by atomic mass is 10.1. The van der Waals surface area contributed by atoms with Gasteiger partial charge in [-0.2, -0.15) is 0 Å². The predicted octanol–water partition coefficient (Wildman–Crippen LogP) is 4.72. The fourth-order valence-corrected chi connectivity index (χ4v) is 3.86. The van der Waals surface area contributed by atoms with E-state index in [4.69, 9.17) is 5.73 Å². The Morgan fingerprint density at radius 3 is 2.65 bits per heavy atom. The van der Waals surface area contributed by atoms with Gasteiger partial charge in [0.15, 0.2) is 11.6 Å². The number of fused-ring (bicyclic) bond motifs is 1. The third kappa shape index (κ3) is 3.05. The van der Waals surface area contributed by atoms with Crippen molar-refractivity contribution in [3.05, 3.63) is 48.8 Å². The summed E-state index contributed by atoms with van der Waals surface area (Å²) in [6.07, 6.45) is 6.51. The minimum atomic E-state index is 0.465. The van der Waals surface area contributed by atoms with Crippen LogP contribution in [0.5, 0.6) is 0 Å². The van der Waals surface area contributed by atoms with Crippen LogP contribution in [-0.2, 0) is 0 Å². The van der Waals surface area contributed by atoms with Gasteiger partial charge in [0.05, 0.1) is 5.69 Å². The Hall–Kier alpha value is -2.82. The normalized spacial score (nSPS) is 14.7. The number of hydrogen-bond acceptors (Lipinski definition) is 5. The summed E-state index contributed by atoms with van der Waals surface area (Å²) < 4.78 is 0. The molecule has 1 aliphatic carbocycles. The fourth-order valence-electron chi connectivity index (χ4n) is 3.86. The van der Waals surface area contributed by atoms with Gasteiger partial charge in [-0.15, -0.1) is 0 Å². The van der Waals surface area contributed by atoms with Crippen molar-refractivity contribution in [2.45, 2.75) is 38.6 Å². The van der Waals surface area contributed by atoms with Gasteiger partial charge in [0.2, 0.25) is 0 Å². The molecule has 0 bridgehead atoms. The summed E-state index contributed by atoms with van der Waals surface area (Å²) in [6.45, 7) is 2.89. The number of aromatic nitrogens is 2. The second-order valence-corrected chi connectivity index (χ2v) is 6.83. The van der Waals surface area contributed by atoms with Gasteiger partial charge in [-0.05, 0) is 31.2 Å². The first-order valence-electron chi connectivity index (χ1n) is 9.40. The number of nitrogens with two attached hydrogens (primary N) is 1. The first-order chi connectivity index (χ1) is 12.8. The summed E-state index contributed by atoms with van der Waals surface area (Å²) in [6, 6.07) is 15.2. The molecule has 0 radical (unpaired) electrons. The lowest BCUT2D eigenvalue weighted by molar-refractivity contribution is 0.750. The van der Waals surface area contributed by atoms with E-state index < -0.39 is 0 Å². The third-order valence-corrected chi connectivity index (χ3v) is 5.19. The quantitative estimate of drug-likeness (QED) is 0.699. The Bertz CT molecular complexity index is 897. The highest BCUT2D eigenvalue weighted by molar-refractivity contribution is 5.97. The van der Waals surface area contributed by atoms with E-state index in [9.17, 15) is 0 Å². The maximum atomic E-state index is 6.49. The first-order valence-corrected chi connectivity index (χ1v) is 9.40. The number of benzene rings is 2. The Labute approximate surface area is 154 Å². The molecule has 1 aromatic heterocycles. The number of nitrogens with one attached hydrogen (secondary N) is 1. The van der Waals surface area contributed by atoms with E-state index >= 15 is 0 Å². The van der Waals surface area contributed by atoms with Crippen LogP contribution in [0.1, 0.15) is 32.6 Å². The van der Waals surface area contributed by atoms with Crippen molar-refractivity contribution < 1.29 is 0 Å². The molecule has 3 aromatic rings. The van der Waals surface area contributed by atoms with Gasteiger partial charge < -0.3 is 16.0 Å². The summed E-state index contributed by atoms with van der Waals surface area (Å²) in [5.74, 6) is 1.51. The van der Waals surface area contributed by atoms with Crippen LogP contribution in [0, 0.1) is 0 Å². The van der Waals surface area contributed by atoms with Crippen molar-refractivity contribution in [3.8, 4) is 0 Å². The number of rotatable bonds is 5. The highest BCUT2D eigenvalue weighted by Crippen LogP contribution is 2.36. The van der Waals surface area contributed by atoms with Crippen LogP contribution in [0.4, 0.5) is 23.0 Å². The van der Waals surface area contributed by atoms with E-state index in [0.717, 1.165) is 23.9 Å². The minimum Gasteiger partial charge on any atom is -0.393 e. The van der Waals surface area contributed by atoms with Gasteiger partial charge >= 0.3 is 0 Å². The van der Waals surface area contributed by atoms with E-state index in [1.165, 1.54) is 36.5 Å². The summed E-state index contributed by atoms with van der Waals surface area (Å²) in [7, 11) is 0. The number of nitrogen functional groups attached to an aromatic ring is 1. The zero-order valence-electron chi connectivity index (χ0n) is 15.2. The molecule has 2 aromatic carbocycles. The molecule has 1 heterocycles. The molecule has 1 fully saturated rings. The van der Waals surface area contributed by atoms with E-state index in [2.05, 4.69) is 69.6 Å². The van der Waals surface area contributed by atoms with Crippen molar-refractivity contribution in [2.75, 3.05) is 22.5 Å². The van der Waals surface area contributed by atoms with E-state index in [-0.39, 0.29) is 0 Å². The lowest BCUT2D eigenvalue weighted by Crippen LogP contribution is -2.22. The lowest BCUT2D eigenvalue weighted by Gasteiger charge is -2.26. The summed E-state index contributed by atoms with van der Waals surface area (Å²) >= 11 is 0. The van der Waals surface area contributed by atoms with Crippen molar-refractivity contribution in [2.24, 2.45) is 0 Å². The molecule has 0 aliphatic heterocycles. The molecule has 0 unspecified atom stereocenters. The SMILES string of the molecule is CCN(c1ncnc(NC2CCCC2)c1N)c1cccc2ccccc12. The second kappa shape index (κ2) is 7.20. The zero-order valence-corrected chi connectivity index (χ0v) is 15.2. The molecule has 1 aliphatic rings. The molecule has 0 saturated heterocycles. The van der Waals surface area contributed by atoms with E-state index in [1.54, 1.807) is 6.33 Å². The van der Waals surface area contributed by atoms with Crippen LogP contribution in [0.2, 0.25) is 0 Å². The topological polar surface area (TPSA) is 67.1 Å². The highest BCUT2D eigenvalue weighted by atomic mass is 15.2. The second-order valence-electron chi connectivity index (χ2n) is 6.83. The van der Waals surface area contributed by atoms with Gasteiger partial charge in [0, 0.05) is 18.0 Å². The Kier molecular flexibility index (Phi) is 4.61. The van der Waals surface area contributed by atoms with E-state index in [0.29, 0.717) is 11.7 Å². The molecule has 134 valence electrons. The molecule has 1 saturated carbocycles. The van der Waals surface area contributed by atoms with Crippen LogP contribution < -0.4 is 16.0 Å². The van der Waals surface area contributed by atoms with E-state index in [1.807, 2.05) is 0 Å². The molecule has 0 spiro atoms. The van der Waals surface area contributed by atoms with Crippen LogP contribution in [0.25, 0.3) is 10.8 Å². The molecule has 26 heavy (non-hydrogen) atoms. The van der Waals surface area contributed by atoms with Gasteiger partial charge in [-0.3, -0.25) is 0 Å². The van der Waals surface area contributed by atoms with Crippen LogP contribution in [0.15, 0.2) is 48.8 Å². The average molecular weight is 347 g/mol. The monoisotopic (exact) mass is 347 g/mol. The molecule has 0 amide bonds. The molecule has 5 heteroatoms. The predicted molar refractivity (Wildman–Crippen MR) is 109 cm³/mol. The fraction of sp³-hybridized carbons (Fsp3) is 0.333. The maximum Gasteiger partial charge on any atom is 0.161 e. The van der Waals surface area contributed by atoms with Crippen LogP contribution in [0.3, 0.4) is 0 Å². The average Bonchev–Trinajstić information content (AvgIpc) is 3.18. The van der Waals surface area contributed by atoms with Crippen molar-refractivity contribution in [1.29, 1.82) is 0 Å². The van der Waals surface area contributed by atoms with Crippen LogP contribution >= 0.6 is 0 Å². The number of nitrogens with zero attached hydrogens (tertiary/aromatic N) is 3. The molecular formula is C21H25N5. The summed E-state index contributed by atoms with van der Waals surface area (Å²) in [4.78, 5) is 11.1. The zero-order chi connectivity index (χ0) is 17.9. The molecule has 0 atom stereocenters. The minimum absolute atomic E-state index is 0.465. The summed E-state index contributed by atoms with van der Waals surface area (Å²) in [5, 5.41) is 5.92. The Morgan fingerprint density at radius 1 is 1.08 bits per heavy atom. The molecule has 4 rings (SSSR count). The Balaban J connectivity index is 1.74. The van der Waals surface area contributed by atoms with Crippen LogP contribution in [-0.4, -0.2) is 22.6 Å². The highest BCUT2D eigenvalue weighted by Gasteiger charge is 2.20. The van der Waals surface area contributed by atoms with Gasteiger partial charge in [0.25, 0.3) is 0 Å². The number of anilines is 4. The first kappa shape index (κ1) is 16.6. The Morgan fingerprint density at radius 2 is 1.85 bits per heavy atom. The van der Waals surface area contributed by atoms with Crippen molar-refractivity contribution >= 4 is 33.8 Å². The molecule has 5 nitrogen and oxygen atoms in total. The summed E-state index contributed by atoms with van der Waals surface area (Å²) in [5.41, 5.74) is 8.22. The van der Waals surface area contributed by atoms with Gasteiger partial charge in [-0.1, -0.05) is 49.2 Å². The van der Waals surface area contributed by atoms with Crippen molar-refractivity contribution in [3.63, 3.8) is 0 Å².